The Kier molecular flexibility index (Phi) is 7.47. The van der Waals surface area contributed by atoms with Crippen LogP contribution in [0.3, 0.4) is 0 Å². The number of nitrogens with one attached hydrogen (secondary N) is 2. The summed E-state index contributed by atoms with van der Waals surface area (Å²) in [6.45, 7) is 2.93. The standard InChI is InChI=1S/C15H25N3O/c1-2-3-4-5-6-7-11-17-15(19)18-14-10-8-9-13(16)12-14/h8-10,12H,2-7,11,16H2,1H3,(H2,17,18,19). The number of nitrogens with two attached hydrogens (primary N) is 1. The van der Waals surface area contributed by atoms with E-state index in [0.717, 1.165) is 18.7 Å². The first-order valence-corrected chi connectivity index (χ1v) is 7.12. The predicted molar refractivity (Wildman–Crippen MR) is 81.3 cm³/mol. The molecule has 0 fully saturated rings. The summed E-state index contributed by atoms with van der Waals surface area (Å²) in [5, 5.41) is 5.61. The van der Waals surface area contributed by atoms with E-state index in [1.807, 2.05) is 12.1 Å². The Labute approximate surface area is 115 Å². The molecule has 0 bridgehead atoms. The van der Waals surface area contributed by atoms with Gasteiger partial charge in [0.2, 0.25) is 0 Å². The molecule has 1 aromatic carbocycles. The molecule has 0 aliphatic rings. The first-order chi connectivity index (χ1) is 9.22. The van der Waals surface area contributed by atoms with E-state index in [1.165, 1.54) is 32.1 Å². The molecule has 0 saturated heterocycles. The van der Waals surface area contributed by atoms with Crippen molar-refractivity contribution in [2.45, 2.75) is 45.4 Å². The molecular formula is C15H25N3O. The molecule has 4 nitrogen and oxygen atoms in total. The second-order valence-electron chi connectivity index (χ2n) is 4.77. The van der Waals surface area contributed by atoms with Crippen molar-refractivity contribution in [3.05, 3.63) is 24.3 Å². The number of rotatable bonds is 8. The van der Waals surface area contributed by atoms with Gasteiger partial charge in [0.05, 0.1) is 0 Å². The monoisotopic (exact) mass is 263 g/mol. The van der Waals surface area contributed by atoms with Crippen molar-refractivity contribution in [3.8, 4) is 0 Å². The Bertz CT molecular complexity index is 379. The molecule has 0 unspecified atom stereocenters. The van der Waals surface area contributed by atoms with E-state index in [2.05, 4.69) is 17.6 Å². The molecule has 0 saturated carbocycles. The van der Waals surface area contributed by atoms with E-state index in [0.29, 0.717) is 5.69 Å². The minimum atomic E-state index is -0.167. The molecule has 1 aromatic rings. The number of hydrogen-bond acceptors (Lipinski definition) is 2. The summed E-state index contributed by atoms with van der Waals surface area (Å²) in [7, 11) is 0. The molecule has 19 heavy (non-hydrogen) atoms. The Morgan fingerprint density at radius 3 is 2.63 bits per heavy atom. The van der Waals surface area contributed by atoms with Gasteiger partial charge in [-0.3, -0.25) is 0 Å². The van der Waals surface area contributed by atoms with E-state index in [4.69, 9.17) is 5.73 Å². The molecule has 0 atom stereocenters. The molecule has 0 radical (unpaired) electrons. The van der Waals surface area contributed by atoms with Crippen LogP contribution >= 0.6 is 0 Å². The van der Waals surface area contributed by atoms with Crippen molar-refractivity contribution in [2.24, 2.45) is 0 Å². The van der Waals surface area contributed by atoms with Crippen LogP contribution in [0.5, 0.6) is 0 Å². The molecule has 4 N–H and O–H groups in total. The fourth-order valence-corrected chi connectivity index (χ4v) is 1.90. The lowest BCUT2D eigenvalue weighted by atomic mass is 10.1. The van der Waals surface area contributed by atoms with Gasteiger partial charge in [0.1, 0.15) is 0 Å². The Hall–Kier alpha value is -1.71. The number of hydrogen-bond donors (Lipinski definition) is 3. The van der Waals surface area contributed by atoms with E-state index in [1.54, 1.807) is 12.1 Å². The fraction of sp³-hybridized carbons (Fsp3) is 0.533. The molecule has 0 aliphatic carbocycles. The van der Waals surface area contributed by atoms with Gasteiger partial charge in [-0.1, -0.05) is 45.1 Å². The number of nitrogen functional groups attached to an aromatic ring is 1. The summed E-state index contributed by atoms with van der Waals surface area (Å²) >= 11 is 0. The van der Waals surface area contributed by atoms with Gasteiger partial charge in [0.15, 0.2) is 0 Å². The average Bonchev–Trinajstić information content (AvgIpc) is 2.37. The van der Waals surface area contributed by atoms with Crippen LogP contribution in [0.1, 0.15) is 45.4 Å². The first kappa shape index (κ1) is 15.3. The highest BCUT2D eigenvalue weighted by Crippen LogP contribution is 2.11. The van der Waals surface area contributed by atoms with Crippen LogP contribution in [0.25, 0.3) is 0 Å². The Morgan fingerprint density at radius 1 is 1.16 bits per heavy atom. The van der Waals surface area contributed by atoms with Crippen molar-refractivity contribution in [1.82, 2.24) is 5.32 Å². The van der Waals surface area contributed by atoms with Gasteiger partial charge in [0, 0.05) is 17.9 Å². The third-order valence-corrected chi connectivity index (χ3v) is 2.96. The maximum Gasteiger partial charge on any atom is 0.319 e. The summed E-state index contributed by atoms with van der Waals surface area (Å²) < 4.78 is 0. The third-order valence-electron chi connectivity index (χ3n) is 2.96. The van der Waals surface area contributed by atoms with E-state index in [-0.39, 0.29) is 6.03 Å². The Balaban J connectivity index is 2.08. The van der Waals surface area contributed by atoms with Crippen molar-refractivity contribution in [1.29, 1.82) is 0 Å². The number of carbonyl (C=O) groups is 1. The highest BCUT2D eigenvalue weighted by atomic mass is 16.2. The summed E-state index contributed by atoms with van der Waals surface area (Å²) in [5.41, 5.74) is 7.01. The molecular weight excluding hydrogens is 238 g/mol. The lowest BCUT2D eigenvalue weighted by Crippen LogP contribution is -2.29. The summed E-state index contributed by atoms with van der Waals surface area (Å²) in [6.07, 6.45) is 7.34. The van der Waals surface area contributed by atoms with Crippen molar-refractivity contribution < 1.29 is 4.79 Å². The van der Waals surface area contributed by atoms with Gasteiger partial charge in [-0.05, 0) is 24.6 Å². The van der Waals surface area contributed by atoms with Gasteiger partial charge in [-0.25, -0.2) is 4.79 Å². The zero-order valence-electron chi connectivity index (χ0n) is 11.7. The average molecular weight is 263 g/mol. The maximum absolute atomic E-state index is 11.6. The minimum Gasteiger partial charge on any atom is -0.399 e. The molecule has 0 spiro atoms. The molecule has 0 aromatic heterocycles. The highest BCUT2D eigenvalue weighted by Gasteiger charge is 2.00. The largest absolute Gasteiger partial charge is 0.399 e. The van der Waals surface area contributed by atoms with Crippen LogP contribution in [0.15, 0.2) is 24.3 Å². The molecule has 2 amide bonds. The number of anilines is 2. The lowest BCUT2D eigenvalue weighted by molar-refractivity contribution is 0.252. The molecule has 0 heterocycles. The van der Waals surface area contributed by atoms with Crippen LogP contribution in [0, 0.1) is 0 Å². The topological polar surface area (TPSA) is 67.2 Å². The highest BCUT2D eigenvalue weighted by molar-refractivity contribution is 5.89. The van der Waals surface area contributed by atoms with Crippen LogP contribution in [-0.4, -0.2) is 12.6 Å². The van der Waals surface area contributed by atoms with Crippen molar-refractivity contribution in [3.63, 3.8) is 0 Å². The van der Waals surface area contributed by atoms with Crippen molar-refractivity contribution >= 4 is 17.4 Å². The zero-order valence-corrected chi connectivity index (χ0v) is 11.7. The van der Waals surface area contributed by atoms with Crippen molar-refractivity contribution in [2.75, 3.05) is 17.6 Å². The van der Waals surface area contributed by atoms with E-state index >= 15 is 0 Å². The lowest BCUT2D eigenvalue weighted by Gasteiger charge is -2.08. The molecule has 0 aliphatic heterocycles. The molecule has 4 heteroatoms. The van der Waals surface area contributed by atoms with Gasteiger partial charge < -0.3 is 16.4 Å². The molecule has 106 valence electrons. The minimum absolute atomic E-state index is 0.167. The zero-order chi connectivity index (χ0) is 13.9. The fourth-order valence-electron chi connectivity index (χ4n) is 1.90. The van der Waals surface area contributed by atoms with Crippen LogP contribution in [-0.2, 0) is 0 Å². The van der Waals surface area contributed by atoms with Crippen LogP contribution in [0.4, 0.5) is 16.2 Å². The number of carbonyl (C=O) groups excluding carboxylic acids is 1. The summed E-state index contributed by atoms with van der Waals surface area (Å²) in [4.78, 5) is 11.6. The van der Waals surface area contributed by atoms with Gasteiger partial charge in [-0.2, -0.15) is 0 Å². The van der Waals surface area contributed by atoms with Gasteiger partial charge >= 0.3 is 6.03 Å². The number of amides is 2. The third kappa shape index (κ3) is 7.34. The predicted octanol–water partition coefficient (Wildman–Crippen LogP) is 3.75. The quantitative estimate of drug-likeness (QED) is 0.494. The molecule has 1 rings (SSSR count). The Morgan fingerprint density at radius 2 is 1.89 bits per heavy atom. The maximum atomic E-state index is 11.6. The summed E-state index contributed by atoms with van der Waals surface area (Å²) in [5.74, 6) is 0. The van der Waals surface area contributed by atoms with Crippen LogP contribution in [0.2, 0.25) is 0 Å². The number of benzene rings is 1. The van der Waals surface area contributed by atoms with Gasteiger partial charge in [-0.15, -0.1) is 0 Å². The van der Waals surface area contributed by atoms with E-state index in [9.17, 15) is 4.79 Å². The van der Waals surface area contributed by atoms with Crippen LogP contribution < -0.4 is 16.4 Å². The number of unbranched alkanes of at least 4 members (excludes halogenated alkanes) is 5. The normalized spacial score (nSPS) is 10.2. The SMILES string of the molecule is CCCCCCCCNC(=O)Nc1cccc(N)c1. The second kappa shape index (κ2) is 9.25. The van der Waals surface area contributed by atoms with Gasteiger partial charge in [0.25, 0.3) is 0 Å². The smallest absolute Gasteiger partial charge is 0.319 e. The van der Waals surface area contributed by atoms with E-state index < -0.39 is 0 Å². The number of urea groups is 1. The second-order valence-corrected chi connectivity index (χ2v) is 4.77. The summed E-state index contributed by atoms with van der Waals surface area (Å²) in [6, 6.07) is 7.00. The first-order valence-electron chi connectivity index (χ1n) is 7.12.